The minimum absolute atomic E-state index is 0.00188. The summed E-state index contributed by atoms with van der Waals surface area (Å²) < 4.78 is -0.591. The van der Waals surface area contributed by atoms with E-state index in [-0.39, 0.29) is 34.6 Å². The summed E-state index contributed by atoms with van der Waals surface area (Å²) in [5.74, 6) is -0.648. The van der Waals surface area contributed by atoms with E-state index in [1.165, 1.54) is 0 Å². The second-order valence-electron chi connectivity index (χ2n) is 7.82. The van der Waals surface area contributed by atoms with E-state index in [1.54, 1.807) is 55.1 Å². The lowest BCUT2D eigenvalue weighted by atomic mass is 10.1. The van der Waals surface area contributed by atoms with Crippen molar-refractivity contribution in [3.8, 4) is 0 Å². The maximum Gasteiger partial charge on any atom is 0.521 e. The summed E-state index contributed by atoms with van der Waals surface area (Å²) in [7, 11) is 0. The normalized spacial score (nSPS) is 24.0. The van der Waals surface area contributed by atoms with Gasteiger partial charge in [-0.05, 0) is 38.1 Å². The minimum Gasteiger partial charge on any atom is -0.435 e. The third-order valence-electron chi connectivity index (χ3n) is 5.59. The van der Waals surface area contributed by atoms with Crippen LogP contribution in [0.2, 0.25) is 5.02 Å². The maximum atomic E-state index is 13.4. The number of amides is 2. The predicted molar refractivity (Wildman–Crippen MR) is 126 cm³/mol. The molecule has 0 bridgehead atoms. The number of imide groups is 1. The highest BCUT2D eigenvalue weighted by molar-refractivity contribution is 8.14. The monoisotopic (exact) mass is 478 g/mol. The van der Waals surface area contributed by atoms with Crippen molar-refractivity contribution >= 4 is 52.2 Å². The molecule has 0 spiro atoms. The van der Waals surface area contributed by atoms with Gasteiger partial charge in [-0.1, -0.05) is 53.7 Å². The summed E-state index contributed by atoms with van der Waals surface area (Å²) in [6, 6.07) is 15.9. The second kappa shape index (κ2) is 10.2. The third kappa shape index (κ3) is 5.34. The summed E-state index contributed by atoms with van der Waals surface area (Å²) in [5.41, 5.74) is 0.572. The van der Waals surface area contributed by atoms with Gasteiger partial charge in [0.15, 0.2) is 0 Å². The van der Waals surface area contributed by atoms with Crippen molar-refractivity contribution < 1.29 is 24.0 Å². The van der Waals surface area contributed by atoms with Crippen molar-refractivity contribution in [1.29, 1.82) is 0 Å². The van der Waals surface area contributed by atoms with E-state index in [0.717, 1.165) is 16.7 Å². The van der Waals surface area contributed by atoms with Crippen LogP contribution in [0.1, 0.15) is 30.6 Å². The van der Waals surface area contributed by atoms with Crippen LogP contribution in [0.3, 0.4) is 0 Å². The standard InChI is InChI=1S/C23H24ClNO4S2/c1-15(14-30-22(27)17-6-4-3-5-7-17)21(26)25(23(28)29)13-20(12-16(25)2)31-19-10-8-18(24)9-11-19/h3-11,15-16,20H,12-14H2,1-2H3/p+1/t15?,16-,20-,25-/m1/s1. The number of carboxylic acid groups (broad SMARTS) is 1. The number of nitrogens with zero attached hydrogens (tertiary/aromatic N) is 1. The second-order valence-corrected chi connectivity index (χ2v) is 10.6. The van der Waals surface area contributed by atoms with Crippen LogP contribution in [0.25, 0.3) is 0 Å². The Labute approximate surface area is 195 Å². The Hall–Kier alpha value is -1.80. The molecule has 2 aromatic rings. The average Bonchev–Trinajstić information content (AvgIpc) is 3.10. The molecule has 1 aliphatic rings. The molecule has 0 aliphatic carbocycles. The molecule has 31 heavy (non-hydrogen) atoms. The Balaban J connectivity index is 1.69. The Morgan fingerprint density at radius 3 is 2.39 bits per heavy atom. The van der Waals surface area contributed by atoms with Gasteiger partial charge >= 0.3 is 12.0 Å². The zero-order chi connectivity index (χ0) is 22.6. The predicted octanol–water partition coefficient (Wildman–Crippen LogP) is 5.82. The van der Waals surface area contributed by atoms with Crippen molar-refractivity contribution in [2.75, 3.05) is 12.3 Å². The fraction of sp³-hybridized carbons (Fsp3) is 0.348. The van der Waals surface area contributed by atoms with Gasteiger partial charge in [-0.3, -0.25) is 4.79 Å². The lowest BCUT2D eigenvalue weighted by Gasteiger charge is -2.31. The number of quaternary nitrogens is 1. The van der Waals surface area contributed by atoms with Crippen LogP contribution in [-0.2, 0) is 4.79 Å². The summed E-state index contributed by atoms with van der Waals surface area (Å²) >= 11 is 8.58. The molecule has 0 radical (unpaired) electrons. The number of halogens is 1. The number of carbonyl (C=O) groups is 3. The zero-order valence-electron chi connectivity index (χ0n) is 17.4. The maximum absolute atomic E-state index is 13.4. The van der Waals surface area contributed by atoms with Gasteiger partial charge in [0.05, 0.1) is 11.2 Å². The first-order valence-corrected chi connectivity index (χ1v) is 12.3. The Morgan fingerprint density at radius 2 is 1.77 bits per heavy atom. The van der Waals surface area contributed by atoms with Crippen LogP contribution < -0.4 is 0 Å². The van der Waals surface area contributed by atoms with Gasteiger partial charge in [0.1, 0.15) is 12.6 Å². The fourth-order valence-electron chi connectivity index (χ4n) is 3.92. The molecule has 1 fully saturated rings. The van der Waals surface area contributed by atoms with E-state index < -0.39 is 16.5 Å². The molecule has 0 aromatic heterocycles. The summed E-state index contributed by atoms with van der Waals surface area (Å²) in [5, 5.41) is 10.6. The van der Waals surface area contributed by atoms with Crippen LogP contribution in [0.5, 0.6) is 0 Å². The first kappa shape index (κ1) is 23.9. The smallest absolute Gasteiger partial charge is 0.435 e. The molecule has 1 saturated heterocycles. The number of hydrogen-bond acceptors (Lipinski definition) is 5. The van der Waals surface area contributed by atoms with Crippen molar-refractivity contribution in [2.24, 2.45) is 5.92 Å². The van der Waals surface area contributed by atoms with Gasteiger partial charge in [-0.15, -0.1) is 11.8 Å². The lowest BCUT2D eigenvalue weighted by molar-refractivity contribution is -0.793. The third-order valence-corrected chi connectivity index (χ3v) is 8.23. The van der Waals surface area contributed by atoms with Crippen molar-refractivity contribution in [2.45, 2.75) is 36.5 Å². The molecular formula is C23H25ClNO4S2+. The van der Waals surface area contributed by atoms with Crippen LogP contribution >= 0.6 is 35.1 Å². The van der Waals surface area contributed by atoms with Crippen molar-refractivity contribution in [3.05, 3.63) is 65.2 Å². The first-order valence-electron chi connectivity index (χ1n) is 10.0. The Bertz CT molecular complexity index is 954. The molecule has 2 aromatic carbocycles. The molecule has 4 atom stereocenters. The quantitative estimate of drug-likeness (QED) is 0.527. The van der Waals surface area contributed by atoms with Crippen molar-refractivity contribution in [3.63, 3.8) is 0 Å². The topological polar surface area (TPSA) is 71.4 Å². The highest BCUT2D eigenvalue weighted by Gasteiger charge is 2.57. The van der Waals surface area contributed by atoms with Crippen LogP contribution in [0.4, 0.5) is 4.79 Å². The molecule has 1 heterocycles. The highest BCUT2D eigenvalue weighted by Crippen LogP contribution is 2.39. The van der Waals surface area contributed by atoms with Gasteiger partial charge in [0.2, 0.25) is 5.12 Å². The van der Waals surface area contributed by atoms with Gasteiger partial charge in [0, 0.05) is 27.7 Å². The molecule has 164 valence electrons. The summed E-state index contributed by atoms with van der Waals surface area (Å²) in [6.07, 6.45) is -0.503. The molecular weight excluding hydrogens is 454 g/mol. The number of rotatable bonds is 6. The highest BCUT2D eigenvalue weighted by atomic mass is 35.5. The Morgan fingerprint density at radius 1 is 1.13 bits per heavy atom. The summed E-state index contributed by atoms with van der Waals surface area (Å²) in [4.78, 5) is 39.0. The van der Waals surface area contributed by atoms with Gasteiger partial charge in [-0.2, -0.15) is 9.28 Å². The minimum atomic E-state index is -1.12. The SMILES string of the molecule is CC(CSC(=O)c1ccccc1)C(=O)[N@@+]1(C(=O)O)C[C@H](Sc2ccc(Cl)cc2)C[C@H]1C. The van der Waals surface area contributed by atoms with Crippen LogP contribution in [0.15, 0.2) is 59.5 Å². The molecule has 1 unspecified atom stereocenters. The molecule has 5 nitrogen and oxygen atoms in total. The molecule has 8 heteroatoms. The van der Waals surface area contributed by atoms with Crippen LogP contribution in [0, 0.1) is 5.92 Å². The van der Waals surface area contributed by atoms with E-state index in [9.17, 15) is 19.5 Å². The average molecular weight is 479 g/mol. The number of hydrogen-bond donors (Lipinski definition) is 1. The largest absolute Gasteiger partial charge is 0.521 e. The first-order chi connectivity index (χ1) is 14.7. The molecule has 3 rings (SSSR count). The van der Waals surface area contributed by atoms with E-state index in [1.807, 2.05) is 25.1 Å². The molecule has 2 amide bonds. The summed E-state index contributed by atoms with van der Waals surface area (Å²) in [6.45, 7) is 3.76. The van der Waals surface area contributed by atoms with Crippen LogP contribution in [-0.4, -0.2) is 50.3 Å². The van der Waals surface area contributed by atoms with Crippen molar-refractivity contribution in [1.82, 2.24) is 0 Å². The molecule has 1 N–H and O–H groups in total. The van der Waals surface area contributed by atoms with E-state index in [2.05, 4.69) is 0 Å². The molecule has 0 saturated carbocycles. The molecule has 1 aliphatic heterocycles. The number of likely N-dealkylation sites (tertiary alicyclic amines) is 1. The zero-order valence-corrected chi connectivity index (χ0v) is 19.8. The fourth-order valence-corrected chi connectivity index (χ4v) is 6.25. The number of benzene rings is 2. The number of thioether (sulfide) groups is 2. The van der Waals surface area contributed by atoms with Gasteiger partial charge in [-0.25, -0.2) is 4.79 Å². The van der Waals surface area contributed by atoms with E-state index in [0.29, 0.717) is 17.0 Å². The van der Waals surface area contributed by atoms with Gasteiger partial charge in [0.25, 0.3) is 0 Å². The van der Waals surface area contributed by atoms with E-state index in [4.69, 9.17) is 11.6 Å². The van der Waals surface area contributed by atoms with E-state index >= 15 is 0 Å². The van der Waals surface area contributed by atoms with Gasteiger partial charge < -0.3 is 5.11 Å². The lowest BCUT2D eigenvalue weighted by Crippen LogP contribution is -2.61. The number of carbonyl (C=O) groups excluding carboxylic acids is 2. The Kier molecular flexibility index (Phi) is 7.86.